The fourth-order valence-corrected chi connectivity index (χ4v) is 2.51. The molecular formula is C22H28N2O3. The van der Waals surface area contributed by atoms with Crippen molar-refractivity contribution in [2.24, 2.45) is 5.92 Å². The predicted molar refractivity (Wildman–Crippen MR) is 108 cm³/mol. The van der Waals surface area contributed by atoms with Crippen LogP contribution in [0.1, 0.15) is 36.2 Å². The highest BCUT2D eigenvalue weighted by Gasteiger charge is 2.13. The summed E-state index contributed by atoms with van der Waals surface area (Å²) in [4.78, 5) is 26.0. The Labute approximate surface area is 161 Å². The smallest absolute Gasteiger partial charge is 0.259 e. The van der Waals surface area contributed by atoms with Crippen molar-refractivity contribution in [1.29, 1.82) is 0 Å². The highest BCUT2D eigenvalue weighted by molar-refractivity contribution is 6.06. The first kappa shape index (κ1) is 20.5. The standard InChI is InChI=1S/C22H28N2O3/c1-16(2)15-27-20-11-6-5-10-19(20)22(26)23-18-9-7-8-17(14-18)12-13-21(25)24(3)4/h5-11,14,16H,12-13,15H2,1-4H3,(H,23,26). The molecule has 0 atom stereocenters. The van der Waals surface area contributed by atoms with Gasteiger partial charge in [0, 0.05) is 26.2 Å². The van der Waals surface area contributed by atoms with Gasteiger partial charge in [-0.25, -0.2) is 0 Å². The van der Waals surface area contributed by atoms with Crippen molar-refractivity contribution in [3.63, 3.8) is 0 Å². The minimum Gasteiger partial charge on any atom is -0.492 e. The number of nitrogens with zero attached hydrogens (tertiary/aromatic N) is 1. The second-order valence-corrected chi connectivity index (χ2v) is 7.14. The number of carbonyl (C=O) groups is 2. The van der Waals surface area contributed by atoms with Gasteiger partial charge in [0.2, 0.25) is 5.91 Å². The first-order chi connectivity index (χ1) is 12.9. The molecule has 0 radical (unpaired) electrons. The summed E-state index contributed by atoms with van der Waals surface area (Å²) >= 11 is 0. The molecular weight excluding hydrogens is 340 g/mol. The Balaban J connectivity index is 2.06. The topological polar surface area (TPSA) is 58.6 Å². The first-order valence-electron chi connectivity index (χ1n) is 9.19. The van der Waals surface area contributed by atoms with Crippen LogP contribution < -0.4 is 10.1 Å². The molecule has 0 aliphatic rings. The SMILES string of the molecule is CC(C)COc1ccccc1C(=O)Nc1cccc(CCC(=O)N(C)C)c1. The van der Waals surface area contributed by atoms with E-state index in [2.05, 4.69) is 19.2 Å². The Bertz CT molecular complexity index is 785. The van der Waals surface area contributed by atoms with Crippen molar-refractivity contribution < 1.29 is 14.3 Å². The minimum absolute atomic E-state index is 0.0840. The number of hydrogen-bond donors (Lipinski definition) is 1. The highest BCUT2D eigenvalue weighted by atomic mass is 16.5. The maximum atomic E-state index is 12.7. The summed E-state index contributed by atoms with van der Waals surface area (Å²) in [5.41, 5.74) is 2.21. The van der Waals surface area contributed by atoms with Crippen LogP contribution in [0, 0.1) is 5.92 Å². The number of carbonyl (C=O) groups excluding carboxylic acids is 2. The third-order valence-electron chi connectivity index (χ3n) is 4.02. The molecule has 0 spiro atoms. The number of ether oxygens (including phenoxy) is 1. The van der Waals surface area contributed by atoms with Gasteiger partial charge in [0.15, 0.2) is 0 Å². The van der Waals surface area contributed by atoms with Gasteiger partial charge in [0.05, 0.1) is 12.2 Å². The van der Waals surface area contributed by atoms with Crippen molar-refractivity contribution in [3.05, 3.63) is 59.7 Å². The van der Waals surface area contributed by atoms with Crippen LogP contribution in [0.25, 0.3) is 0 Å². The van der Waals surface area contributed by atoms with Crippen LogP contribution in [0.2, 0.25) is 0 Å². The van der Waals surface area contributed by atoms with Crippen LogP contribution >= 0.6 is 0 Å². The molecule has 27 heavy (non-hydrogen) atoms. The van der Waals surface area contributed by atoms with E-state index >= 15 is 0 Å². The summed E-state index contributed by atoms with van der Waals surface area (Å²) in [6, 6.07) is 14.8. The number of benzene rings is 2. The van der Waals surface area contributed by atoms with E-state index in [1.54, 1.807) is 31.1 Å². The molecule has 0 fully saturated rings. The lowest BCUT2D eigenvalue weighted by Gasteiger charge is -2.14. The molecule has 2 aromatic carbocycles. The Morgan fingerprint density at radius 2 is 1.81 bits per heavy atom. The third kappa shape index (κ3) is 6.44. The summed E-state index contributed by atoms with van der Waals surface area (Å²) in [5, 5.41) is 2.92. The Morgan fingerprint density at radius 3 is 2.52 bits per heavy atom. The molecule has 0 unspecified atom stereocenters. The summed E-state index contributed by atoms with van der Waals surface area (Å²) in [6.45, 7) is 4.68. The number of nitrogens with one attached hydrogen (secondary N) is 1. The van der Waals surface area contributed by atoms with Crippen LogP contribution in [0.5, 0.6) is 5.75 Å². The summed E-state index contributed by atoms with van der Waals surface area (Å²) in [5.74, 6) is 0.829. The zero-order chi connectivity index (χ0) is 19.8. The van der Waals surface area contributed by atoms with E-state index in [0.717, 1.165) is 5.56 Å². The number of amides is 2. The van der Waals surface area contributed by atoms with Crippen LogP contribution in [0.4, 0.5) is 5.69 Å². The second-order valence-electron chi connectivity index (χ2n) is 7.14. The van der Waals surface area contributed by atoms with Crippen LogP contribution in [-0.2, 0) is 11.2 Å². The van der Waals surface area contributed by atoms with Crippen molar-refractivity contribution in [2.75, 3.05) is 26.0 Å². The van der Waals surface area contributed by atoms with Gasteiger partial charge >= 0.3 is 0 Å². The van der Waals surface area contributed by atoms with Crippen LogP contribution in [-0.4, -0.2) is 37.4 Å². The van der Waals surface area contributed by atoms with E-state index in [1.165, 1.54) is 0 Å². The number of hydrogen-bond acceptors (Lipinski definition) is 3. The van der Waals surface area contributed by atoms with E-state index in [9.17, 15) is 9.59 Å². The molecule has 0 bridgehead atoms. The van der Waals surface area contributed by atoms with Crippen molar-refractivity contribution in [2.45, 2.75) is 26.7 Å². The molecule has 5 nitrogen and oxygen atoms in total. The van der Waals surface area contributed by atoms with Crippen LogP contribution in [0.3, 0.4) is 0 Å². The quantitative estimate of drug-likeness (QED) is 0.766. The van der Waals surface area contributed by atoms with E-state index in [0.29, 0.717) is 42.4 Å². The molecule has 0 aliphatic carbocycles. The van der Waals surface area contributed by atoms with Gasteiger partial charge in [0.25, 0.3) is 5.91 Å². The number of aryl methyl sites for hydroxylation is 1. The highest BCUT2D eigenvalue weighted by Crippen LogP contribution is 2.21. The number of para-hydroxylation sites is 1. The Hall–Kier alpha value is -2.82. The van der Waals surface area contributed by atoms with Crippen LogP contribution in [0.15, 0.2) is 48.5 Å². The fraction of sp³-hybridized carbons (Fsp3) is 0.364. The van der Waals surface area contributed by atoms with E-state index in [1.807, 2.05) is 36.4 Å². The zero-order valence-corrected chi connectivity index (χ0v) is 16.5. The fourth-order valence-electron chi connectivity index (χ4n) is 2.51. The van der Waals surface area contributed by atoms with Gasteiger partial charge in [-0.2, -0.15) is 0 Å². The largest absolute Gasteiger partial charge is 0.492 e. The lowest BCUT2D eigenvalue weighted by molar-refractivity contribution is -0.128. The Kier molecular flexibility index (Phi) is 7.41. The number of rotatable bonds is 8. The first-order valence-corrected chi connectivity index (χ1v) is 9.19. The molecule has 2 aromatic rings. The summed E-state index contributed by atoms with van der Waals surface area (Å²) in [7, 11) is 3.50. The Morgan fingerprint density at radius 1 is 1.07 bits per heavy atom. The lowest BCUT2D eigenvalue weighted by Crippen LogP contribution is -2.21. The van der Waals surface area contributed by atoms with E-state index in [4.69, 9.17) is 4.74 Å². The van der Waals surface area contributed by atoms with Gasteiger partial charge in [-0.1, -0.05) is 38.1 Å². The van der Waals surface area contributed by atoms with Gasteiger partial charge in [-0.05, 0) is 42.2 Å². The molecule has 0 saturated heterocycles. The lowest BCUT2D eigenvalue weighted by atomic mass is 10.1. The minimum atomic E-state index is -0.212. The zero-order valence-electron chi connectivity index (χ0n) is 16.5. The molecule has 0 saturated carbocycles. The molecule has 0 heterocycles. The van der Waals surface area contributed by atoms with Crippen molar-refractivity contribution >= 4 is 17.5 Å². The summed E-state index contributed by atoms with van der Waals surface area (Å²) < 4.78 is 5.77. The monoisotopic (exact) mass is 368 g/mol. The normalized spacial score (nSPS) is 10.6. The maximum Gasteiger partial charge on any atom is 0.259 e. The maximum absolute atomic E-state index is 12.7. The van der Waals surface area contributed by atoms with E-state index < -0.39 is 0 Å². The summed E-state index contributed by atoms with van der Waals surface area (Å²) in [6.07, 6.45) is 1.07. The molecule has 2 amide bonds. The molecule has 0 aromatic heterocycles. The molecule has 5 heteroatoms. The predicted octanol–water partition coefficient (Wildman–Crippen LogP) is 3.99. The van der Waals surface area contributed by atoms with Gasteiger partial charge in [0.1, 0.15) is 5.75 Å². The second kappa shape index (κ2) is 9.76. The van der Waals surface area contributed by atoms with Gasteiger partial charge < -0.3 is 15.0 Å². The van der Waals surface area contributed by atoms with Crippen molar-refractivity contribution in [3.8, 4) is 5.75 Å². The number of anilines is 1. The molecule has 144 valence electrons. The van der Waals surface area contributed by atoms with E-state index in [-0.39, 0.29) is 11.8 Å². The third-order valence-corrected chi connectivity index (χ3v) is 4.02. The average Bonchev–Trinajstić information content (AvgIpc) is 2.64. The molecule has 1 N–H and O–H groups in total. The molecule has 0 aliphatic heterocycles. The molecule has 2 rings (SSSR count). The van der Waals surface area contributed by atoms with Crippen molar-refractivity contribution in [1.82, 2.24) is 4.90 Å². The average molecular weight is 368 g/mol. The van der Waals surface area contributed by atoms with Gasteiger partial charge in [-0.3, -0.25) is 9.59 Å². The van der Waals surface area contributed by atoms with Gasteiger partial charge in [-0.15, -0.1) is 0 Å².